The number of carbonyl (C=O) groups is 1. The summed E-state index contributed by atoms with van der Waals surface area (Å²) < 4.78 is 0. The van der Waals surface area contributed by atoms with Crippen molar-refractivity contribution in [3.8, 4) is 0 Å². The minimum atomic E-state index is 0. The van der Waals surface area contributed by atoms with Crippen LogP contribution in [0.25, 0.3) is 0 Å². The molecular formula is C14H19Cl3N2O. The molecule has 2 rings (SSSR count). The maximum atomic E-state index is 11.9. The van der Waals surface area contributed by atoms with Gasteiger partial charge in [0.05, 0.1) is 0 Å². The van der Waals surface area contributed by atoms with Crippen molar-refractivity contribution >= 4 is 41.5 Å². The lowest BCUT2D eigenvalue weighted by molar-refractivity contribution is -0.126. The molecule has 6 heteroatoms. The summed E-state index contributed by atoms with van der Waals surface area (Å²) in [4.78, 5) is 11.9. The van der Waals surface area contributed by atoms with Crippen LogP contribution in [0.3, 0.4) is 0 Å². The Bertz CT molecular complexity index is 464. The first kappa shape index (κ1) is 17.6. The van der Waals surface area contributed by atoms with Crippen molar-refractivity contribution in [1.29, 1.82) is 0 Å². The molecule has 1 atom stereocenters. The van der Waals surface area contributed by atoms with Crippen LogP contribution >= 0.6 is 35.6 Å². The van der Waals surface area contributed by atoms with Crippen LogP contribution in [-0.2, 0) is 11.2 Å². The molecule has 1 unspecified atom stereocenters. The smallest absolute Gasteiger partial charge is 0.223 e. The fourth-order valence-corrected chi connectivity index (χ4v) is 2.59. The Balaban J connectivity index is 0.00000200. The molecule has 1 aromatic carbocycles. The van der Waals surface area contributed by atoms with Gasteiger partial charge in [0.25, 0.3) is 0 Å². The first-order valence-corrected chi connectivity index (χ1v) is 7.26. The second kappa shape index (κ2) is 8.08. The Kier molecular flexibility index (Phi) is 7.10. The highest BCUT2D eigenvalue weighted by Gasteiger charge is 2.28. The highest BCUT2D eigenvalue weighted by atomic mass is 35.5. The van der Waals surface area contributed by atoms with Gasteiger partial charge in [-0.3, -0.25) is 4.79 Å². The highest BCUT2D eigenvalue weighted by Crippen LogP contribution is 2.21. The van der Waals surface area contributed by atoms with Crippen molar-refractivity contribution in [2.24, 2.45) is 11.8 Å². The van der Waals surface area contributed by atoms with E-state index in [-0.39, 0.29) is 24.2 Å². The molecule has 0 spiro atoms. The van der Waals surface area contributed by atoms with Crippen molar-refractivity contribution in [3.63, 3.8) is 0 Å². The summed E-state index contributed by atoms with van der Waals surface area (Å²) in [6.07, 6.45) is 0.720. The van der Waals surface area contributed by atoms with E-state index < -0.39 is 0 Å². The quantitative estimate of drug-likeness (QED) is 0.867. The molecule has 3 nitrogen and oxygen atoms in total. The molecule has 1 heterocycles. The van der Waals surface area contributed by atoms with Gasteiger partial charge >= 0.3 is 0 Å². The SMILES string of the molecule is CC(C(=O)NCCc1ccc(Cl)cc1Cl)C1CNC1.Cl. The van der Waals surface area contributed by atoms with E-state index in [0.29, 0.717) is 22.5 Å². The molecule has 0 aromatic heterocycles. The average molecular weight is 338 g/mol. The first-order valence-electron chi connectivity index (χ1n) is 6.50. The predicted octanol–water partition coefficient (Wildman–Crippen LogP) is 2.93. The van der Waals surface area contributed by atoms with Gasteiger partial charge in [-0.25, -0.2) is 0 Å². The molecule has 2 N–H and O–H groups in total. The highest BCUT2D eigenvalue weighted by molar-refractivity contribution is 6.35. The zero-order valence-electron chi connectivity index (χ0n) is 11.3. The normalized spacial score (nSPS) is 15.9. The van der Waals surface area contributed by atoms with Gasteiger partial charge in [0.2, 0.25) is 5.91 Å². The average Bonchev–Trinajstić information content (AvgIpc) is 2.29. The molecule has 20 heavy (non-hydrogen) atoms. The van der Waals surface area contributed by atoms with E-state index in [2.05, 4.69) is 10.6 Å². The van der Waals surface area contributed by atoms with Crippen LogP contribution in [0.5, 0.6) is 0 Å². The first-order chi connectivity index (χ1) is 9.08. The monoisotopic (exact) mass is 336 g/mol. The van der Waals surface area contributed by atoms with Crippen molar-refractivity contribution in [1.82, 2.24) is 10.6 Å². The maximum absolute atomic E-state index is 11.9. The molecule has 1 fully saturated rings. The summed E-state index contributed by atoms with van der Waals surface area (Å²) in [6.45, 7) is 4.47. The minimum Gasteiger partial charge on any atom is -0.356 e. The Morgan fingerprint density at radius 3 is 2.70 bits per heavy atom. The minimum absolute atomic E-state index is 0. The topological polar surface area (TPSA) is 41.1 Å². The summed E-state index contributed by atoms with van der Waals surface area (Å²) in [6, 6.07) is 5.44. The largest absolute Gasteiger partial charge is 0.356 e. The second-order valence-electron chi connectivity index (χ2n) is 4.98. The number of hydrogen-bond acceptors (Lipinski definition) is 2. The zero-order valence-corrected chi connectivity index (χ0v) is 13.6. The molecule has 1 aliphatic rings. The van der Waals surface area contributed by atoms with E-state index in [1.165, 1.54) is 0 Å². The number of amides is 1. The van der Waals surface area contributed by atoms with Gasteiger partial charge in [-0.2, -0.15) is 0 Å². The predicted molar refractivity (Wildman–Crippen MR) is 85.9 cm³/mol. The number of nitrogens with one attached hydrogen (secondary N) is 2. The standard InChI is InChI=1S/C14H18Cl2N2O.ClH/c1-9(11-7-17-8-11)14(19)18-5-4-10-2-3-12(15)6-13(10)16;/h2-3,6,9,11,17H,4-5,7-8H2,1H3,(H,18,19);1H. The molecule has 1 amide bonds. The molecule has 1 aromatic rings. The molecule has 0 bridgehead atoms. The van der Waals surface area contributed by atoms with E-state index >= 15 is 0 Å². The van der Waals surface area contributed by atoms with E-state index in [9.17, 15) is 4.79 Å². The van der Waals surface area contributed by atoms with Crippen LogP contribution in [0.4, 0.5) is 0 Å². The number of rotatable bonds is 5. The van der Waals surface area contributed by atoms with Gasteiger partial charge in [-0.05, 0) is 43.1 Å². The van der Waals surface area contributed by atoms with Gasteiger partial charge in [0.15, 0.2) is 0 Å². The van der Waals surface area contributed by atoms with Crippen LogP contribution < -0.4 is 10.6 Å². The molecule has 0 radical (unpaired) electrons. The molecule has 0 aliphatic carbocycles. The fourth-order valence-electron chi connectivity index (χ4n) is 2.08. The number of carbonyl (C=O) groups excluding carboxylic acids is 1. The van der Waals surface area contributed by atoms with Crippen molar-refractivity contribution in [3.05, 3.63) is 33.8 Å². The Labute approximate surface area is 135 Å². The third-order valence-corrected chi connectivity index (χ3v) is 4.23. The molecule has 112 valence electrons. The molecule has 1 saturated heterocycles. The third kappa shape index (κ3) is 4.52. The number of halogens is 3. The van der Waals surface area contributed by atoms with Crippen LogP contribution in [0.15, 0.2) is 18.2 Å². The Morgan fingerprint density at radius 1 is 1.45 bits per heavy atom. The van der Waals surface area contributed by atoms with Gasteiger partial charge in [0, 0.05) is 22.5 Å². The Morgan fingerprint density at radius 2 is 2.15 bits per heavy atom. The molecular weight excluding hydrogens is 319 g/mol. The lowest BCUT2D eigenvalue weighted by Crippen LogP contribution is -2.49. The zero-order chi connectivity index (χ0) is 13.8. The summed E-state index contributed by atoms with van der Waals surface area (Å²) in [7, 11) is 0. The lowest BCUT2D eigenvalue weighted by Gasteiger charge is -2.31. The lowest BCUT2D eigenvalue weighted by atomic mass is 9.88. The summed E-state index contributed by atoms with van der Waals surface area (Å²) in [5.74, 6) is 0.664. The number of hydrogen-bond donors (Lipinski definition) is 2. The molecule has 0 saturated carbocycles. The van der Waals surface area contributed by atoms with Crippen LogP contribution in [0.2, 0.25) is 10.0 Å². The molecule has 1 aliphatic heterocycles. The van der Waals surface area contributed by atoms with Gasteiger partial charge in [-0.15, -0.1) is 12.4 Å². The van der Waals surface area contributed by atoms with Gasteiger partial charge < -0.3 is 10.6 Å². The van der Waals surface area contributed by atoms with Crippen LogP contribution in [0.1, 0.15) is 12.5 Å². The van der Waals surface area contributed by atoms with E-state index in [4.69, 9.17) is 23.2 Å². The van der Waals surface area contributed by atoms with Gasteiger partial charge in [0.1, 0.15) is 0 Å². The summed E-state index contributed by atoms with van der Waals surface area (Å²) >= 11 is 11.9. The summed E-state index contributed by atoms with van der Waals surface area (Å²) in [5.41, 5.74) is 1.00. The fraction of sp³-hybridized carbons (Fsp3) is 0.500. The van der Waals surface area contributed by atoms with Crippen molar-refractivity contribution in [2.45, 2.75) is 13.3 Å². The number of benzene rings is 1. The van der Waals surface area contributed by atoms with Crippen molar-refractivity contribution < 1.29 is 4.79 Å². The Hall–Kier alpha value is -0.480. The van der Waals surface area contributed by atoms with E-state index in [1.807, 2.05) is 19.1 Å². The van der Waals surface area contributed by atoms with Crippen LogP contribution in [-0.4, -0.2) is 25.5 Å². The third-order valence-electron chi connectivity index (χ3n) is 3.64. The van der Waals surface area contributed by atoms with E-state index in [0.717, 1.165) is 25.1 Å². The van der Waals surface area contributed by atoms with Crippen LogP contribution in [0, 0.1) is 11.8 Å². The van der Waals surface area contributed by atoms with Crippen molar-refractivity contribution in [2.75, 3.05) is 19.6 Å². The summed E-state index contributed by atoms with van der Waals surface area (Å²) in [5, 5.41) is 7.42. The second-order valence-corrected chi connectivity index (χ2v) is 5.83. The van der Waals surface area contributed by atoms with Gasteiger partial charge in [-0.1, -0.05) is 36.2 Å². The maximum Gasteiger partial charge on any atom is 0.223 e. The van der Waals surface area contributed by atoms with E-state index in [1.54, 1.807) is 6.07 Å².